The Morgan fingerprint density at radius 3 is 2.78 bits per heavy atom. The number of nitrogen functional groups attached to an aromatic ring is 1. The molecule has 0 saturated carbocycles. The maximum Gasteiger partial charge on any atom is 0.278 e. The van der Waals surface area contributed by atoms with Gasteiger partial charge in [-0.25, -0.2) is 19.1 Å². The molecule has 0 saturated heterocycles. The van der Waals surface area contributed by atoms with Crippen LogP contribution in [-0.2, 0) is 29.2 Å². The molecule has 12 heteroatoms. The molecular weight excluding hydrogens is 480 g/mol. The van der Waals surface area contributed by atoms with Gasteiger partial charge in [0.2, 0.25) is 6.41 Å². The molecule has 0 aliphatic rings. The van der Waals surface area contributed by atoms with Crippen LogP contribution in [0.2, 0.25) is 0 Å². The predicted octanol–water partition coefficient (Wildman–Crippen LogP) is -2.54. The molecule has 3 heterocycles. The second kappa shape index (κ2) is 9.22. The summed E-state index contributed by atoms with van der Waals surface area (Å²) < 4.78 is 9.14. The van der Waals surface area contributed by atoms with Crippen LogP contribution in [0.1, 0.15) is 12.7 Å². The van der Waals surface area contributed by atoms with Crippen molar-refractivity contribution in [3.8, 4) is 5.75 Å². The number of fused-ring (bicyclic) bond motifs is 2. The zero-order chi connectivity index (χ0) is 22.1. The molecule has 0 bridgehead atoms. The van der Waals surface area contributed by atoms with Gasteiger partial charge < -0.3 is 38.2 Å². The number of ether oxygens (including phenoxy) is 1. The molecule has 5 N–H and O–H groups in total. The van der Waals surface area contributed by atoms with Crippen LogP contribution in [-0.4, -0.2) is 38.9 Å². The van der Waals surface area contributed by atoms with Crippen LogP contribution in [0.25, 0.3) is 22.2 Å². The van der Waals surface area contributed by atoms with E-state index in [2.05, 4.69) is 15.0 Å². The van der Waals surface area contributed by atoms with Crippen molar-refractivity contribution in [2.75, 3.05) is 17.7 Å². The number of imidazole rings is 1. The second-order valence-electron chi connectivity index (χ2n) is 6.94. The Hall–Kier alpha value is -3.67. The third-order valence-electron chi connectivity index (χ3n) is 5.12. The molecule has 0 aliphatic heterocycles. The molecule has 2 amide bonds. The molecule has 0 radical (unpaired) electrons. The molecule has 0 spiro atoms. The number of methoxy groups -OCH3 is 1. The molecule has 1 aromatic carbocycles. The maximum absolute atomic E-state index is 12.0. The van der Waals surface area contributed by atoms with Gasteiger partial charge in [-0.1, -0.05) is 0 Å². The fraction of sp³-hybridized carbons (Fsp3) is 0.250. The fourth-order valence-electron chi connectivity index (χ4n) is 3.75. The van der Waals surface area contributed by atoms with Gasteiger partial charge in [-0.2, -0.15) is 0 Å². The van der Waals surface area contributed by atoms with Gasteiger partial charge in [0.05, 0.1) is 13.7 Å². The molecule has 32 heavy (non-hydrogen) atoms. The maximum atomic E-state index is 12.0. The lowest BCUT2D eigenvalue weighted by Gasteiger charge is -2.16. The van der Waals surface area contributed by atoms with Crippen LogP contribution < -0.4 is 42.7 Å². The Labute approximate surface area is 193 Å². The van der Waals surface area contributed by atoms with Crippen molar-refractivity contribution in [2.24, 2.45) is 5.73 Å². The number of aryl methyl sites for hydroxylation is 1. The summed E-state index contributed by atoms with van der Waals surface area (Å²) in [6, 6.07) is 7.30. The van der Waals surface area contributed by atoms with Gasteiger partial charge in [0.15, 0.2) is 34.9 Å². The van der Waals surface area contributed by atoms with Crippen LogP contribution in [0, 0.1) is 0 Å². The number of amides is 2. The van der Waals surface area contributed by atoms with Gasteiger partial charge in [-0.05, 0) is 25.1 Å². The molecule has 0 atom stereocenters. The minimum atomic E-state index is -0.497. The highest BCUT2D eigenvalue weighted by Gasteiger charge is 2.29. The van der Waals surface area contributed by atoms with E-state index in [1.165, 1.54) is 4.90 Å². The number of nitrogens with zero attached hydrogens (tertiary/aromatic N) is 5. The van der Waals surface area contributed by atoms with Crippen LogP contribution in [0.5, 0.6) is 5.75 Å². The van der Waals surface area contributed by atoms with E-state index in [9.17, 15) is 9.59 Å². The first kappa shape index (κ1) is 23.0. The van der Waals surface area contributed by atoms with Crippen molar-refractivity contribution in [1.82, 2.24) is 19.5 Å². The number of nitrogens with one attached hydrogen (secondary N) is 1. The van der Waals surface area contributed by atoms with Gasteiger partial charge in [0.1, 0.15) is 17.8 Å². The average molecular weight is 503 g/mol. The molecule has 168 valence electrons. The van der Waals surface area contributed by atoms with Crippen LogP contribution >= 0.6 is 0 Å². The number of aromatic nitrogens is 5. The molecule has 4 rings (SSSR count). The zero-order valence-corrected chi connectivity index (χ0v) is 19.2. The summed E-state index contributed by atoms with van der Waals surface area (Å²) in [5.41, 5.74) is 14.4. The number of primary amides is 1. The molecule has 0 fully saturated rings. The number of H-pyrrole nitrogens is 1. The number of anilines is 2. The molecular formula is C20H23BrN8O3. The molecule has 0 unspecified atom stereocenters. The van der Waals surface area contributed by atoms with Crippen molar-refractivity contribution in [2.45, 2.75) is 26.6 Å². The lowest BCUT2D eigenvalue weighted by molar-refractivity contribution is -0.667. The van der Waals surface area contributed by atoms with Crippen molar-refractivity contribution >= 4 is 46.2 Å². The van der Waals surface area contributed by atoms with Gasteiger partial charge in [0.25, 0.3) is 11.7 Å². The Bertz CT molecular complexity index is 1300. The van der Waals surface area contributed by atoms with Gasteiger partial charge in [-0.3, -0.25) is 14.5 Å². The smallest absolute Gasteiger partial charge is 0.278 e. The summed E-state index contributed by atoms with van der Waals surface area (Å²) in [5.74, 6) is 1.22. The van der Waals surface area contributed by atoms with Gasteiger partial charge in [-0.15, -0.1) is 0 Å². The highest BCUT2D eigenvalue weighted by molar-refractivity contribution is 5.84. The van der Waals surface area contributed by atoms with Crippen LogP contribution in [0.3, 0.4) is 0 Å². The summed E-state index contributed by atoms with van der Waals surface area (Å²) in [6.45, 7) is 2.63. The number of carbonyl (C=O) groups is 2. The van der Waals surface area contributed by atoms with Crippen molar-refractivity contribution in [1.29, 1.82) is 0 Å². The Balaban J connectivity index is 0.00000289. The standard InChI is InChI=1S/C20H22N8O3.BrH/c1-3-27-15-8-12(31-2)4-5-14(15)28(9-16(21)30)17(27)10-26(11-29)20-18(22)25-19-13(24-20)6-7-23-19;/h4-8,11H,3,9-10H2,1-2H3,(H4-,21,22,23,24,25,30);1H. The number of halogens is 1. The first-order valence-electron chi connectivity index (χ1n) is 9.66. The van der Waals surface area contributed by atoms with Crippen molar-refractivity contribution in [3.05, 3.63) is 36.3 Å². The van der Waals surface area contributed by atoms with E-state index in [0.29, 0.717) is 35.7 Å². The topological polar surface area (TPSA) is 149 Å². The van der Waals surface area contributed by atoms with E-state index in [4.69, 9.17) is 16.2 Å². The van der Waals surface area contributed by atoms with Crippen molar-refractivity contribution in [3.63, 3.8) is 0 Å². The minimum Gasteiger partial charge on any atom is -1.00 e. The predicted molar refractivity (Wildman–Crippen MR) is 114 cm³/mol. The lowest BCUT2D eigenvalue weighted by atomic mass is 10.3. The second-order valence-corrected chi connectivity index (χ2v) is 6.94. The number of rotatable bonds is 8. The van der Waals surface area contributed by atoms with E-state index in [-0.39, 0.29) is 41.7 Å². The number of hydrogen-bond donors (Lipinski definition) is 3. The van der Waals surface area contributed by atoms with E-state index in [1.807, 2.05) is 29.7 Å². The normalized spacial score (nSPS) is 10.8. The Morgan fingerprint density at radius 2 is 2.12 bits per heavy atom. The molecule has 11 nitrogen and oxygen atoms in total. The zero-order valence-electron chi connectivity index (χ0n) is 17.6. The molecule has 3 aromatic heterocycles. The fourth-order valence-corrected chi connectivity index (χ4v) is 3.75. The highest BCUT2D eigenvalue weighted by Crippen LogP contribution is 2.25. The van der Waals surface area contributed by atoms with Crippen molar-refractivity contribution < 1.29 is 35.9 Å². The molecule has 0 aliphatic carbocycles. The Morgan fingerprint density at radius 1 is 1.34 bits per heavy atom. The van der Waals surface area contributed by atoms with E-state index in [0.717, 1.165) is 11.0 Å². The van der Waals surface area contributed by atoms with Gasteiger partial charge in [0, 0.05) is 12.3 Å². The monoisotopic (exact) mass is 502 g/mol. The Kier molecular flexibility index (Phi) is 6.63. The number of benzene rings is 1. The SMILES string of the molecule is CCn1c(CN(C=O)c2nc3cc[nH]c3nc2N)[n+](CC(N)=O)c2ccc(OC)cc21.[Br-]. The number of hydrogen-bond acceptors (Lipinski definition) is 6. The third-order valence-corrected chi connectivity index (χ3v) is 5.12. The van der Waals surface area contributed by atoms with Crippen LogP contribution in [0.4, 0.5) is 11.6 Å². The van der Waals surface area contributed by atoms with E-state index in [1.54, 1.807) is 23.9 Å². The molecule has 4 aromatic rings. The first-order chi connectivity index (χ1) is 15.0. The summed E-state index contributed by atoms with van der Waals surface area (Å²) in [6.07, 6.45) is 2.34. The van der Waals surface area contributed by atoms with Crippen LogP contribution in [0.15, 0.2) is 30.5 Å². The lowest BCUT2D eigenvalue weighted by Crippen LogP contribution is -3.00. The number of nitrogens with two attached hydrogens (primary N) is 2. The summed E-state index contributed by atoms with van der Waals surface area (Å²) in [5, 5.41) is 0. The largest absolute Gasteiger partial charge is 1.00 e. The van der Waals surface area contributed by atoms with E-state index >= 15 is 0 Å². The third kappa shape index (κ3) is 3.96. The quantitative estimate of drug-likeness (QED) is 0.178. The highest BCUT2D eigenvalue weighted by atomic mass is 79.9. The van der Waals surface area contributed by atoms with E-state index < -0.39 is 5.91 Å². The first-order valence-corrected chi connectivity index (χ1v) is 9.66. The van der Waals surface area contributed by atoms with Gasteiger partial charge >= 0.3 is 0 Å². The number of carbonyl (C=O) groups excluding carboxylic acids is 2. The minimum absolute atomic E-state index is 0. The number of aromatic amines is 1. The summed E-state index contributed by atoms with van der Waals surface area (Å²) in [7, 11) is 1.59. The summed E-state index contributed by atoms with van der Waals surface area (Å²) >= 11 is 0. The average Bonchev–Trinajstić information content (AvgIpc) is 3.32. The summed E-state index contributed by atoms with van der Waals surface area (Å²) in [4.78, 5) is 36.9.